The van der Waals surface area contributed by atoms with Crippen LogP contribution in [-0.4, -0.2) is 9.97 Å². The summed E-state index contributed by atoms with van der Waals surface area (Å²) < 4.78 is 0. The van der Waals surface area contributed by atoms with Crippen LogP contribution < -0.4 is 16.4 Å². The standard InChI is InChI=1S/C18H17Cl2N5/c1-10-6-7-13(11(2)8-10)24-17-16(21)18(23-9-22-17)25-14-5-3-4-12(19)15(14)20/h3-9H,21H2,1-2H3,(H2,22,23,24,25). The predicted molar refractivity (Wildman–Crippen MR) is 105 cm³/mol. The Hall–Kier alpha value is -2.50. The minimum absolute atomic E-state index is 0.388. The van der Waals surface area contributed by atoms with Crippen molar-refractivity contribution in [3.05, 3.63) is 63.9 Å². The van der Waals surface area contributed by atoms with Crippen LogP contribution in [0.2, 0.25) is 10.0 Å². The van der Waals surface area contributed by atoms with E-state index in [1.54, 1.807) is 18.2 Å². The third-order valence-electron chi connectivity index (χ3n) is 3.72. The van der Waals surface area contributed by atoms with Crippen molar-refractivity contribution in [3.63, 3.8) is 0 Å². The summed E-state index contributed by atoms with van der Waals surface area (Å²) in [6, 6.07) is 11.4. The number of nitrogen functional groups attached to an aromatic ring is 1. The van der Waals surface area contributed by atoms with E-state index in [1.807, 2.05) is 26.0 Å². The molecular weight excluding hydrogens is 357 g/mol. The van der Waals surface area contributed by atoms with E-state index >= 15 is 0 Å². The number of aromatic nitrogens is 2. The van der Waals surface area contributed by atoms with E-state index in [0.717, 1.165) is 11.3 Å². The van der Waals surface area contributed by atoms with Gasteiger partial charge in [-0.3, -0.25) is 0 Å². The van der Waals surface area contributed by atoms with Crippen LogP contribution in [0.5, 0.6) is 0 Å². The number of nitrogens with one attached hydrogen (secondary N) is 2. The summed E-state index contributed by atoms with van der Waals surface area (Å²) in [5.74, 6) is 0.967. The normalized spacial score (nSPS) is 10.6. The Morgan fingerprint density at radius 1 is 0.920 bits per heavy atom. The van der Waals surface area contributed by atoms with Crippen molar-refractivity contribution in [2.75, 3.05) is 16.4 Å². The molecule has 0 saturated carbocycles. The number of rotatable bonds is 4. The first-order valence-electron chi connectivity index (χ1n) is 7.61. The summed E-state index contributed by atoms with van der Waals surface area (Å²) in [5.41, 5.74) is 10.5. The van der Waals surface area contributed by atoms with Gasteiger partial charge in [0.15, 0.2) is 11.6 Å². The zero-order valence-electron chi connectivity index (χ0n) is 13.8. The van der Waals surface area contributed by atoms with Gasteiger partial charge in [0.2, 0.25) is 0 Å². The lowest BCUT2D eigenvalue weighted by Crippen LogP contribution is -2.06. The minimum atomic E-state index is 0.388. The highest BCUT2D eigenvalue weighted by atomic mass is 35.5. The van der Waals surface area contributed by atoms with E-state index in [4.69, 9.17) is 28.9 Å². The lowest BCUT2D eigenvalue weighted by atomic mass is 10.1. The Balaban J connectivity index is 1.91. The van der Waals surface area contributed by atoms with E-state index in [9.17, 15) is 0 Å². The van der Waals surface area contributed by atoms with Gasteiger partial charge in [0, 0.05) is 5.69 Å². The third kappa shape index (κ3) is 3.78. The summed E-state index contributed by atoms with van der Waals surface area (Å²) in [5, 5.41) is 7.20. The van der Waals surface area contributed by atoms with Gasteiger partial charge in [-0.15, -0.1) is 0 Å². The number of nitrogens with zero attached hydrogens (tertiary/aromatic N) is 2. The molecule has 5 nitrogen and oxygen atoms in total. The number of hydrogen-bond acceptors (Lipinski definition) is 5. The first kappa shape index (κ1) is 17.3. The van der Waals surface area contributed by atoms with E-state index in [2.05, 4.69) is 26.7 Å². The minimum Gasteiger partial charge on any atom is -0.393 e. The molecule has 0 radical (unpaired) electrons. The van der Waals surface area contributed by atoms with Crippen molar-refractivity contribution in [2.24, 2.45) is 0 Å². The van der Waals surface area contributed by atoms with Gasteiger partial charge in [-0.25, -0.2) is 9.97 Å². The number of benzene rings is 2. The second-order valence-corrected chi connectivity index (χ2v) is 6.44. The van der Waals surface area contributed by atoms with Crippen LogP contribution in [0.3, 0.4) is 0 Å². The van der Waals surface area contributed by atoms with Crippen LogP contribution in [0.1, 0.15) is 11.1 Å². The number of anilines is 5. The molecule has 0 bridgehead atoms. The fourth-order valence-electron chi connectivity index (χ4n) is 2.40. The Morgan fingerprint density at radius 3 is 2.28 bits per heavy atom. The maximum atomic E-state index is 6.22. The zero-order chi connectivity index (χ0) is 18.0. The van der Waals surface area contributed by atoms with Crippen molar-refractivity contribution in [3.8, 4) is 0 Å². The van der Waals surface area contributed by atoms with Crippen molar-refractivity contribution < 1.29 is 0 Å². The van der Waals surface area contributed by atoms with Gasteiger partial charge in [-0.2, -0.15) is 0 Å². The summed E-state index contributed by atoms with van der Waals surface area (Å²) in [7, 11) is 0. The fraction of sp³-hybridized carbons (Fsp3) is 0.111. The van der Waals surface area contributed by atoms with Crippen LogP contribution >= 0.6 is 23.2 Å². The smallest absolute Gasteiger partial charge is 0.159 e. The maximum Gasteiger partial charge on any atom is 0.159 e. The van der Waals surface area contributed by atoms with E-state index in [0.29, 0.717) is 33.1 Å². The molecule has 1 heterocycles. The van der Waals surface area contributed by atoms with Gasteiger partial charge in [0.1, 0.15) is 12.0 Å². The Morgan fingerprint density at radius 2 is 1.60 bits per heavy atom. The molecule has 0 aliphatic rings. The molecule has 0 aliphatic carbocycles. The highest BCUT2D eigenvalue weighted by molar-refractivity contribution is 6.43. The van der Waals surface area contributed by atoms with Gasteiger partial charge in [-0.05, 0) is 37.6 Å². The summed E-state index contributed by atoms with van der Waals surface area (Å²) >= 11 is 12.2. The molecule has 0 spiro atoms. The lowest BCUT2D eigenvalue weighted by molar-refractivity contribution is 1.17. The molecule has 1 aromatic heterocycles. The molecule has 4 N–H and O–H groups in total. The van der Waals surface area contributed by atoms with E-state index < -0.39 is 0 Å². The quantitative estimate of drug-likeness (QED) is 0.565. The molecule has 0 saturated heterocycles. The van der Waals surface area contributed by atoms with Crippen LogP contribution in [0.25, 0.3) is 0 Å². The average molecular weight is 374 g/mol. The number of hydrogen-bond donors (Lipinski definition) is 3. The highest BCUT2D eigenvalue weighted by Gasteiger charge is 2.12. The molecule has 3 rings (SSSR count). The average Bonchev–Trinajstić information content (AvgIpc) is 2.57. The van der Waals surface area contributed by atoms with E-state index in [-0.39, 0.29) is 0 Å². The van der Waals surface area contributed by atoms with Crippen molar-refractivity contribution >= 4 is 51.9 Å². The number of halogens is 2. The maximum absolute atomic E-state index is 6.22. The Kier molecular flexibility index (Phi) is 4.97. The highest BCUT2D eigenvalue weighted by Crippen LogP contribution is 2.34. The van der Waals surface area contributed by atoms with Crippen molar-refractivity contribution in [1.29, 1.82) is 0 Å². The van der Waals surface area contributed by atoms with Crippen molar-refractivity contribution in [2.45, 2.75) is 13.8 Å². The molecular formula is C18H17Cl2N5. The molecule has 3 aromatic rings. The van der Waals surface area contributed by atoms with E-state index in [1.165, 1.54) is 11.9 Å². The molecule has 0 amide bonds. The topological polar surface area (TPSA) is 75.9 Å². The molecule has 128 valence electrons. The Labute approximate surface area is 156 Å². The monoisotopic (exact) mass is 373 g/mol. The van der Waals surface area contributed by atoms with Crippen LogP contribution in [-0.2, 0) is 0 Å². The predicted octanol–water partition coefficient (Wildman–Crippen LogP) is 5.47. The van der Waals surface area contributed by atoms with Crippen LogP contribution in [0, 0.1) is 13.8 Å². The van der Waals surface area contributed by atoms with Gasteiger partial charge in [0.25, 0.3) is 0 Å². The largest absolute Gasteiger partial charge is 0.393 e. The second kappa shape index (κ2) is 7.17. The molecule has 0 atom stereocenters. The van der Waals surface area contributed by atoms with Crippen LogP contribution in [0.15, 0.2) is 42.7 Å². The second-order valence-electron chi connectivity index (χ2n) is 5.65. The molecule has 0 aliphatic heterocycles. The van der Waals surface area contributed by atoms with Crippen molar-refractivity contribution in [1.82, 2.24) is 9.97 Å². The van der Waals surface area contributed by atoms with Crippen LogP contribution in [0.4, 0.5) is 28.7 Å². The summed E-state index contributed by atoms with van der Waals surface area (Å²) in [6.45, 7) is 4.07. The molecule has 25 heavy (non-hydrogen) atoms. The molecule has 7 heteroatoms. The first-order chi connectivity index (χ1) is 12.0. The van der Waals surface area contributed by atoms with Gasteiger partial charge >= 0.3 is 0 Å². The molecule has 0 unspecified atom stereocenters. The molecule has 0 fully saturated rings. The Bertz CT molecular complexity index is 927. The fourth-order valence-corrected chi connectivity index (χ4v) is 2.75. The number of aryl methyl sites for hydroxylation is 2. The summed E-state index contributed by atoms with van der Waals surface area (Å²) in [6.07, 6.45) is 1.43. The summed E-state index contributed by atoms with van der Waals surface area (Å²) in [4.78, 5) is 8.43. The van der Waals surface area contributed by atoms with Gasteiger partial charge in [0.05, 0.1) is 15.7 Å². The lowest BCUT2D eigenvalue weighted by Gasteiger charge is -2.15. The van der Waals surface area contributed by atoms with Gasteiger partial charge in [-0.1, -0.05) is 47.0 Å². The van der Waals surface area contributed by atoms with Gasteiger partial charge < -0.3 is 16.4 Å². The zero-order valence-corrected chi connectivity index (χ0v) is 15.3. The third-order valence-corrected chi connectivity index (χ3v) is 4.54. The SMILES string of the molecule is Cc1ccc(Nc2ncnc(Nc3cccc(Cl)c3Cl)c2N)c(C)c1. The first-order valence-corrected chi connectivity index (χ1v) is 8.37. The molecule has 2 aromatic carbocycles. The number of nitrogens with two attached hydrogens (primary N) is 1.